The third-order valence-electron chi connectivity index (χ3n) is 12.0. The molecule has 0 aromatic heterocycles. The summed E-state index contributed by atoms with van der Waals surface area (Å²) >= 11 is 0. The fourth-order valence-electron chi connectivity index (χ4n) is 7.91. The highest BCUT2D eigenvalue weighted by Gasteiger charge is 2.48. The van der Waals surface area contributed by atoms with Gasteiger partial charge in [0, 0.05) is 13.0 Å². The van der Waals surface area contributed by atoms with Crippen molar-refractivity contribution in [3.63, 3.8) is 0 Å². The Morgan fingerprint density at radius 2 is 0.986 bits per heavy atom. The van der Waals surface area contributed by atoms with Gasteiger partial charge in [0.1, 0.15) is 30.5 Å². The minimum atomic E-state index is -5.07. The van der Waals surface area contributed by atoms with E-state index in [1.807, 2.05) is 0 Å². The summed E-state index contributed by atoms with van der Waals surface area (Å²) in [6.45, 7) is 3.84. The molecule has 1 fully saturated rings. The average molecular weight is 1010 g/mol. The first kappa shape index (κ1) is 65.3. The van der Waals surface area contributed by atoms with E-state index in [1.165, 1.54) is 89.9 Å². The SMILES string of the molecule is CC/C=C\C/C=C\C/C=C\C/C=C\C/C=C\CCCCCCCC(=O)OC(COCCCCCCCCCCCC/C=C\C/C=C\CCCCCCC)COC1OC(CO)C(O)C(OS(=O)(=O)O)C1O. The number of unbranched alkanes of at least 4 members (excludes halogenated alkanes) is 20. The summed E-state index contributed by atoms with van der Waals surface area (Å²) < 4.78 is 59.3. The maximum absolute atomic E-state index is 12.9. The van der Waals surface area contributed by atoms with E-state index in [4.69, 9.17) is 18.9 Å². The standard InChI is InChI=1S/C57H98O12S/c1-3-5-7-9-11-13-15-17-19-21-23-25-27-29-31-33-35-37-39-41-43-45-47-65-49-51(50-66-57-55(61)56(69-70(62,63)64)54(60)52(48-58)68-57)67-53(59)46-44-42-40-38-36-34-32-30-28-26-24-22-20-18-16-14-12-10-8-6-4-2/h6,8,12,14-15,17-18,20-21,23-24,26,30,32,51-52,54-58,60-61H,3-5,7,9-11,13,16,19,22,25,27-29,31,33-50H2,1-2H3,(H,62,63,64)/b8-6-,14-12-,17-15-,20-18-,23-21-,26-24-,32-30-. The predicted molar refractivity (Wildman–Crippen MR) is 285 cm³/mol. The summed E-state index contributed by atoms with van der Waals surface area (Å²) in [5.41, 5.74) is 0. The first-order valence-corrected chi connectivity index (χ1v) is 28.7. The molecule has 404 valence electrons. The average Bonchev–Trinajstić information content (AvgIpc) is 3.34. The molecule has 1 aliphatic rings. The molecule has 0 aromatic rings. The van der Waals surface area contributed by atoms with Gasteiger partial charge < -0.3 is 34.3 Å². The highest BCUT2D eigenvalue weighted by molar-refractivity contribution is 7.80. The Hall–Kier alpha value is -2.72. The zero-order chi connectivity index (χ0) is 51.0. The smallest absolute Gasteiger partial charge is 0.397 e. The van der Waals surface area contributed by atoms with Gasteiger partial charge in [-0.15, -0.1) is 0 Å². The van der Waals surface area contributed by atoms with Crippen LogP contribution in [0.25, 0.3) is 0 Å². The molecule has 0 aliphatic carbocycles. The minimum absolute atomic E-state index is 0.0213. The lowest BCUT2D eigenvalue weighted by molar-refractivity contribution is -0.301. The number of aliphatic hydroxyl groups excluding tert-OH is 3. The highest BCUT2D eigenvalue weighted by Crippen LogP contribution is 2.26. The van der Waals surface area contributed by atoms with Gasteiger partial charge >= 0.3 is 16.4 Å². The Balaban J connectivity index is 2.36. The van der Waals surface area contributed by atoms with Gasteiger partial charge in [0.15, 0.2) is 6.29 Å². The van der Waals surface area contributed by atoms with E-state index < -0.39 is 59.8 Å². The summed E-state index contributed by atoms with van der Waals surface area (Å²) in [5.74, 6) is -0.420. The Morgan fingerprint density at radius 1 is 0.557 bits per heavy atom. The maximum Gasteiger partial charge on any atom is 0.397 e. The van der Waals surface area contributed by atoms with Crippen LogP contribution in [0.5, 0.6) is 0 Å². The molecule has 0 bridgehead atoms. The fraction of sp³-hybridized carbons (Fsp3) is 0.737. The Morgan fingerprint density at radius 3 is 1.44 bits per heavy atom. The predicted octanol–water partition coefficient (Wildman–Crippen LogP) is 13.2. The molecule has 1 heterocycles. The van der Waals surface area contributed by atoms with E-state index in [9.17, 15) is 33.1 Å². The Bertz CT molecular complexity index is 1540. The minimum Gasteiger partial charge on any atom is -0.457 e. The van der Waals surface area contributed by atoms with Crippen molar-refractivity contribution < 1.29 is 56.2 Å². The molecule has 13 heteroatoms. The van der Waals surface area contributed by atoms with Crippen LogP contribution < -0.4 is 0 Å². The molecule has 0 spiro atoms. The molecule has 0 aromatic carbocycles. The number of carbonyl (C=O) groups excluding carboxylic acids is 1. The van der Waals surface area contributed by atoms with Crippen LogP contribution in [0.3, 0.4) is 0 Å². The lowest BCUT2D eigenvalue weighted by Crippen LogP contribution is -2.60. The van der Waals surface area contributed by atoms with Gasteiger partial charge in [-0.1, -0.05) is 195 Å². The molecule has 1 saturated heterocycles. The van der Waals surface area contributed by atoms with Gasteiger partial charge in [-0.05, 0) is 89.9 Å². The van der Waals surface area contributed by atoms with Gasteiger partial charge in [-0.25, -0.2) is 4.18 Å². The maximum atomic E-state index is 12.9. The summed E-state index contributed by atoms with van der Waals surface area (Å²) in [6.07, 6.45) is 54.7. The second-order valence-corrected chi connectivity index (χ2v) is 19.5. The third kappa shape index (κ3) is 39.8. The van der Waals surface area contributed by atoms with Crippen molar-refractivity contribution >= 4 is 16.4 Å². The van der Waals surface area contributed by atoms with E-state index >= 15 is 0 Å². The number of esters is 1. The molecular weight excluding hydrogens is 909 g/mol. The number of rotatable bonds is 47. The van der Waals surface area contributed by atoms with Crippen molar-refractivity contribution in [2.24, 2.45) is 0 Å². The first-order chi connectivity index (χ1) is 34.1. The summed E-state index contributed by atoms with van der Waals surface area (Å²) in [7, 11) is -5.07. The monoisotopic (exact) mass is 1010 g/mol. The van der Waals surface area contributed by atoms with Crippen LogP contribution in [0.15, 0.2) is 85.1 Å². The number of hydrogen-bond acceptors (Lipinski definition) is 11. The highest BCUT2D eigenvalue weighted by atomic mass is 32.3. The van der Waals surface area contributed by atoms with Crippen molar-refractivity contribution in [2.75, 3.05) is 26.4 Å². The lowest BCUT2D eigenvalue weighted by Gasteiger charge is -2.41. The van der Waals surface area contributed by atoms with Crippen LogP contribution in [0, 0.1) is 0 Å². The molecule has 0 amide bonds. The molecule has 6 unspecified atom stereocenters. The van der Waals surface area contributed by atoms with Crippen LogP contribution in [0.1, 0.15) is 206 Å². The normalized spacial score (nSPS) is 19.8. The van der Waals surface area contributed by atoms with E-state index in [1.54, 1.807) is 0 Å². The van der Waals surface area contributed by atoms with Crippen LogP contribution in [-0.4, -0.2) is 97.5 Å². The Kier molecular flexibility index (Phi) is 44.1. The molecule has 70 heavy (non-hydrogen) atoms. The van der Waals surface area contributed by atoms with Gasteiger partial charge in [-0.3, -0.25) is 9.35 Å². The topological polar surface area (TPSA) is 178 Å². The number of hydrogen-bond donors (Lipinski definition) is 4. The third-order valence-corrected chi connectivity index (χ3v) is 12.5. The zero-order valence-corrected chi connectivity index (χ0v) is 44.4. The van der Waals surface area contributed by atoms with E-state index in [0.717, 1.165) is 89.9 Å². The second kappa shape index (κ2) is 47.3. The number of ether oxygens (including phenoxy) is 4. The van der Waals surface area contributed by atoms with Crippen molar-refractivity contribution in [2.45, 2.75) is 243 Å². The van der Waals surface area contributed by atoms with Crippen molar-refractivity contribution in [1.29, 1.82) is 0 Å². The molecule has 6 atom stereocenters. The van der Waals surface area contributed by atoms with Crippen molar-refractivity contribution in [3.8, 4) is 0 Å². The van der Waals surface area contributed by atoms with Gasteiger partial charge in [-0.2, -0.15) is 8.42 Å². The second-order valence-electron chi connectivity index (χ2n) is 18.4. The molecule has 0 radical (unpaired) electrons. The van der Waals surface area contributed by atoms with Gasteiger partial charge in [0.05, 0.1) is 19.8 Å². The molecule has 4 N–H and O–H groups in total. The summed E-state index contributed by atoms with van der Waals surface area (Å²) in [6, 6.07) is 0. The quantitative estimate of drug-likeness (QED) is 0.0197. The van der Waals surface area contributed by atoms with Gasteiger partial charge in [0.25, 0.3) is 0 Å². The van der Waals surface area contributed by atoms with E-state index in [2.05, 4.69) is 103 Å². The van der Waals surface area contributed by atoms with Crippen LogP contribution in [0.4, 0.5) is 0 Å². The Labute approximate surface area is 425 Å². The summed E-state index contributed by atoms with van der Waals surface area (Å²) in [4.78, 5) is 12.9. The first-order valence-electron chi connectivity index (χ1n) is 27.3. The fourth-order valence-corrected chi connectivity index (χ4v) is 8.41. The molecule has 12 nitrogen and oxygen atoms in total. The molecular formula is C57H98O12S. The number of aliphatic hydroxyl groups is 3. The largest absolute Gasteiger partial charge is 0.457 e. The lowest BCUT2D eigenvalue weighted by atomic mass is 9.99. The van der Waals surface area contributed by atoms with E-state index in [0.29, 0.717) is 13.0 Å². The molecule has 1 rings (SSSR count). The molecule has 1 aliphatic heterocycles. The van der Waals surface area contributed by atoms with Crippen LogP contribution >= 0.6 is 0 Å². The summed E-state index contributed by atoms with van der Waals surface area (Å²) in [5, 5.41) is 30.8. The van der Waals surface area contributed by atoms with Crippen molar-refractivity contribution in [3.05, 3.63) is 85.1 Å². The van der Waals surface area contributed by atoms with Crippen LogP contribution in [-0.2, 0) is 38.3 Å². The number of allylic oxidation sites excluding steroid dienone is 14. The van der Waals surface area contributed by atoms with E-state index in [-0.39, 0.29) is 19.6 Å². The zero-order valence-electron chi connectivity index (χ0n) is 43.6. The molecule has 0 saturated carbocycles. The van der Waals surface area contributed by atoms with Crippen molar-refractivity contribution in [1.82, 2.24) is 0 Å². The van der Waals surface area contributed by atoms with Gasteiger partial charge in [0.2, 0.25) is 0 Å². The number of carbonyl (C=O) groups is 1. The van der Waals surface area contributed by atoms with Crippen LogP contribution in [0.2, 0.25) is 0 Å².